The van der Waals surface area contributed by atoms with Crippen molar-refractivity contribution in [3.63, 3.8) is 0 Å². The van der Waals surface area contributed by atoms with Gasteiger partial charge in [0, 0.05) is 11.4 Å². The Bertz CT molecular complexity index is 921. The normalized spacial score (nSPS) is 10.6. The van der Waals surface area contributed by atoms with Gasteiger partial charge in [0.25, 0.3) is 0 Å². The number of aromatic nitrogens is 1. The maximum atomic E-state index is 11.2. The van der Waals surface area contributed by atoms with E-state index in [4.69, 9.17) is 16.7 Å². The largest absolute Gasteiger partial charge is 0.478 e. The second-order valence-corrected chi connectivity index (χ2v) is 6.96. The van der Waals surface area contributed by atoms with Gasteiger partial charge in [0.2, 0.25) is 0 Å². The quantitative estimate of drug-likeness (QED) is 0.644. The van der Waals surface area contributed by atoms with Gasteiger partial charge < -0.3 is 10.4 Å². The lowest BCUT2D eigenvalue weighted by molar-refractivity contribution is 0.0697. The van der Waals surface area contributed by atoms with Crippen molar-refractivity contribution in [2.24, 2.45) is 0 Å². The molecule has 3 rings (SSSR count). The first-order valence-electron chi connectivity index (χ1n) is 7.28. The molecule has 4 nitrogen and oxygen atoms in total. The molecule has 0 aliphatic heterocycles. The molecule has 6 heteroatoms. The predicted molar refractivity (Wildman–Crippen MR) is 98.7 cm³/mol. The highest BCUT2D eigenvalue weighted by Crippen LogP contribution is 2.32. The van der Waals surface area contributed by atoms with E-state index in [1.165, 1.54) is 6.07 Å². The SMILES string of the molecule is Cc1nc(C)c(-c2cccc(Nc3ccc(Cl)c(C(=O)O)c3)c2)s1. The van der Waals surface area contributed by atoms with E-state index in [2.05, 4.69) is 10.3 Å². The Hall–Kier alpha value is -2.37. The van der Waals surface area contributed by atoms with E-state index in [0.29, 0.717) is 5.69 Å². The van der Waals surface area contributed by atoms with Gasteiger partial charge >= 0.3 is 5.97 Å². The van der Waals surface area contributed by atoms with Gasteiger partial charge in [-0.3, -0.25) is 0 Å². The summed E-state index contributed by atoms with van der Waals surface area (Å²) in [5, 5.41) is 13.6. The Morgan fingerprint density at radius 1 is 1.17 bits per heavy atom. The number of aryl methyl sites for hydroxylation is 2. The first kappa shape index (κ1) is 16.5. The van der Waals surface area contributed by atoms with Gasteiger partial charge in [0.1, 0.15) is 0 Å². The molecule has 1 heterocycles. The molecule has 0 spiro atoms. The molecule has 0 aliphatic rings. The van der Waals surface area contributed by atoms with Gasteiger partial charge in [0.15, 0.2) is 0 Å². The molecule has 24 heavy (non-hydrogen) atoms. The molecule has 122 valence electrons. The lowest BCUT2D eigenvalue weighted by Gasteiger charge is -2.09. The summed E-state index contributed by atoms with van der Waals surface area (Å²) in [6, 6.07) is 12.8. The molecule has 0 aliphatic carbocycles. The zero-order chi connectivity index (χ0) is 17.3. The fourth-order valence-electron chi connectivity index (χ4n) is 2.47. The highest BCUT2D eigenvalue weighted by Gasteiger charge is 2.11. The fourth-order valence-corrected chi connectivity index (χ4v) is 3.59. The third-order valence-corrected chi connectivity index (χ3v) is 4.97. The maximum Gasteiger partial charge on any atom is 0.337 e. The first-order chi connectivity index (χ1) is 11.4. The van der Waals surface area contributed by atoms with E-state index < -0.39 is 5.97 Å². The second kappa shape index (κ2) is 6.63. The van der Waals surface area contributed by atoms with Crippen LogP contribution >= 0.6 is 22.9 Å². The minimum absolute atomic E-state index is 0.0757. The van der Waals surface area contributed by atoms with Gasteiger partial charge in [-0.25, -0.2) is 9.78 Å². The molecule has 1 aromatic heterocycles. The van der Waals surface area contributed by atoms with Crippen molar-refractivity contribution in [1.29, 1.82) is 0 Å². The highest BCUT2D eigenvalue weighted by atomic mass is 35.5. The van der Waals surface area contributed by atoms with Crippen molar-refractivity contribution < 1.29 is 9.90 Å². The molecule has 0 unspecified atom stereocenters. The predicted octanol–water partition coefficient (Wildman–Crippen LogP) is 5.52. The van der Waals surface area contributed by atoms with Crippen molar-refractivity contribution in [3.05, 3.63) is 63.8 Å². The molecule has 0 saturated carbocycles. The number of hydrogen-bond acceptors (Lipinski definition) is 4. The third kappa shape index (κ3) is 3.42. The minimum Gasteiger partial charge on any atom is -0.478 e. The Balaban J connectivity index is 1.92. The van der Waals surface area contributed by atoms with Crippen LogP contribution in [-0.2, 0) is 0 Å². The molecular weight excluding hydrogens is 344 g/mol. The van der Waals surface area contributed by atoms with E-state index in [0.717, 1.165) is 26.8 Å². The van der Waals surface area contributed by atoms with Crippen LogP contribution in [0.2, 0.25) is 5.02 Å². The number of nitrogens with zero attached hydrogens (tertiary/aromatic N) is 1. The second-order valence-electron chi connectivity index (χ2n) is 5.35. The number of rotatable bonds is 4. The number of halogens is 1. The number of hydrogen-bond donors (Lipinski definition) is 2. The van der Waals surface area contributed by atoms with Crippen LogP contribution < -0.4 is 5.32 Å². The average Bonchev–Trinajstić information content (AvgIpc) is 2.88. The van der Waals surface area contributed by atoms with E-state index in [1.54, 1.807) is 23.5 Å². The number of benzene rings is 2. The van der Waals surface area contributed by atoms with Crippen LogP contribution in [0.3, 0.4) is 0 Å². The number of thiazole rings is 1. The minimum atomic E-state index is -1.05. The molecule has 0 atom stereocenters. The zero-order valence-electron chi connectivity index (χ0n) is 13.1. The van der Waals surface area contributed by atoms with Crippen molar-refractivity contribution in [3.8, 4) is 10.4 Å². The van der Waals surface area contributed by atoms with Crippen molar-refractivity contribution in [2.75, 3.05) is 5.32 Å². The molecule has 0 bridgehead atoms. The molecule has 0 fully saturated rings. The van der Waals surface area contributed by atoms with Crippen LogP contribution in [0, 0.1) is 13.8 Å². The van der Waals surface area contributed by atoms with E-state index in [-0.39, 0.29) is 10.6 Å². The summed E-state index contributed by atoms with van der Waals surface area (Å²) in [6.45, 7) is 3.99. The van der Waals surface area contributed by atoms with Crippen molar-refractivity contribution in [2.45, 2.75) is 13.8 Å². The molecule has 2 aromatic carbocycles. The Morgan fingerprint density at radius 3 is 2.58 bits per heavy atom. The standard InChI is InChI=1S/C18H15ClN2O2S/c1-10-17(24-11(2)20-10)12-4-3-5-13(8-12)21-14-6-7-16(19)15(9-14)18(22)23/h3-9,21H,1-2H3,(H,22,23). The molecule has 0 radical (unpaired) electrons. The van der Waals surface area contributed by atoms with Gasteiger partial charge in [-0.05, 0) is 49.7 Å². The zero-order valence-corrected chi connectivity index (χ0v) is 14.7. The summed E-state index contributed by atoms with van der Waals surface area (Å²) >= 11 is 7.56. The number of carboxylic acids is 1. The number of anilines is 2. The molecule has 3 aromatic rings. The van der Waals surface area contributed by atoms with Gasteiger partial charge in [-0.15, -0.1) is 11.3 Å². The van der Waals surface area contributed by atoms with Crippen LogP contribution in [0.25, 0.3) is 10.4 Å². The van der Waals surface area contributed by atoms with E-state index >= 15 is 0 Å². The average molecular weight is 359 g/mol. The summed E-state index contributed by atoms with van der Waals surface area (Å²) in [7, 11) is 0. The number of carboxylic acid groups (broad SMARTS) is 1. The monoisotopic (exact) mass is 358 g/mol. The van der Waals surface area contributed by atoms with Gasteiger partial charge in [0.05, 0.1) is 26.2 Å². The van der Waals surface area contributed by atoms with Gasteiger partial charge in [-0.2, -0.15) is 0 Å². The van der Waals surface area contributed by atoms with Crippen molar-refractivity contribution in [1.82, 2.24) is 4.98 Å². The number of carbonyl (C=O) groups is 1. The third-order valence-electron chi connectivity index (χ3n) is 3.51. The highest BCUT2D eigenvalue weighted by molar-refractivity contribution is 7.15. The molecule has 0 saturated heterocycles. The summed E-state index contributed by atoms with van der Waals surface area (Å²) in [6.07, 6.45) is 0. The lowest BCUT2D eigenvalue weighted by atomic mass is 10.1. The van der Waals surface area contributed by atoms with Crippen molar-refractivity contribution >= 4 is 40.3 Å². The summed E-state index contributed by atoms with van der Waals surface area (Å²) in [4.78, 5) is 16.8. The smallest absolute Gasteiger partial charge is 0.337 e. The molecular formula is C18H15ClN2O2S. The summed E-state index contributed by atoms with van der Waals surface area (Å²) in [5.74, 6) is -1.05. The van der Waals surface area contributed by atoms with Crippen LogP contribution in [0.4, 0.5) is 11.4 Å². The molecule has 0 amide bonds. The summed E-state index contributed by atoms with van der Waals surface area (Å²) in [5.41, 5.74) is 3.71. The van der Waals surface area contributed by atoms with E-state index in [9.17, 15) is 4.79 Å². The fraction of sp³-hybridized carbons (Fsp3) is 0.111. The Labute approximate surface area is 148 Å². The Kier molecular flexibility index (Phi) is 4.55. The number of nitrogens with one attached hydrogen (secondary N) is 1. The van der Waals surface area contributed by atoms with Crippen LogP contribution in [0.1, 0.15) is 21.1 Å². The summed E-state index contributed by atoms with van der Waals surface area (Å²) < 4.78 is 0. The maximum absolute atomic E-state index is 11.2. The number of aromatic carboxylic acids is 1. The van der Waals surface area contributed by atoms with Crippen LogP contribution in [-0.4, -0.2) is 16.1 Å². The molecule has 2 N–H and O–H groups in total. The van der Waals surface area contributed by atoms with Crippen LogP contribution in [0.5, 0.6) is 0 Å². The van der Waals surface area contributed by atoms with E-state index in [1.807, 2.05) is 38.1 Å². The Morgan fingerprint density at radius 2 is 1.92 bits per heavy atom. The topological polar surface area (TPSA) is 62.2 Å². The first-order valence-corrected chi connectivity index (χ1v) is 8.48. The lowest BCUT2D eigenvalue weighted by Crippen LogP contribution is -1.99. The van der Waals surface area contributed by atoms with Crippen LogP contribution in [0.15, 0.2) is 42.5 Å². The van der Waals surface area contributed by atoms with Gasteiger partial charge in [-0.1, -0.05) is 23.7 Å².